The number of carboxylic acids is 1. The van der Waals surface area contributed by atoms with E-state index in [2.05, 4.69) is 0 Å². The number of nitrogens with two attached hydrogens (primary N) is 2. The molecule has 0 saturated carbocycles. The molecule has 1 aromatic carbocycles. The Hall–Kier alpha value is -2.93. The first kappa shape index (κ1) is 18.4. The van der Waals surface area contributed by atoms with E-state index in [0.717, 1.165) is 53.5 Å². The Kier molecular flexibility index (Phi) is 4.77. The quantitative estimate of drug-likeness (QED) is 0.619. The summed E-state index contributed by atoms with van der Waals surface area (Å²) in [5.41, 5.74) is 16.5. The minimum atomic E-state index is -0.965. The molecule has 4 rings (SSSR count). The van der Waals surface area contributed by atoms with E-state index < -0.39 is 11.9 Å². The number of pyridine rings is 1. The molecule has 28 heavy (non-hydrogen) atoms. The molecule has 0 saturated heterocycles. The molecule has 3 aromatic rings. The van der Waals surface area contributed by atoms with Crippen molar-refractivity contribution in [3.05, 3.63) is 46.0 Å². The van der Waals surface area contributed by atoms with Crippen LogP contribution in [0, 0.1) is 0 Å². The number of carbonyl (C=O) groups excluding carboxylic acids is 1. The molecule has 5 N–H and O–H groups in total. The molecule has 1 amide bonds. The number of carboxylic acid groups (broad SMARTS) is 1. The van der Waals surface area contributed by atoms with Crippen molar-refractivity contribution in [3.63, 3.8) is 0 Å². The van der Waals surface area contributed by atoms with Gasteiger partial charge in [-0.25, -0.2) is 9.78 Å². The number of rotatable bonds is 3. The Morgan fingerprint density at radius 1 is 1.04 bits per heavy atom. The molecule has 0 fully saturated rings. The van der Waals surface area contributed by atoms with Crippen LogP contribution in [0.3, 0.4) is 0 Å². The lowest BCUT2D eigenvalue weighted by molar-refractivity contribution is 0.0696. The number of anilines is 1. The van der Waals surface area contributed by atoms with Gasteiger partial charge in [0.2, 0.25) is 0 Å². The average Bonchev–Trinajstić information content (AvgIpc) is 2.98. The van der Waals surface area contributed by atoms with E-state index >= 15 is 0 Å². The Balaban J connectivity index is 2.03. The number of primary amides is 1. The molecule has 6 nitrogen and oxygen atoms in total. The van der Waals surface area contributed by atoms with Crippen molar-refractivity contribution in [2.24, 2.45) is 5.73 Å². The average molecular weight is 395 g/mol. The molecule has 7 heteroatoms. The molecule has 2 aromatic heterocycles. The van der Waals surface area contributed by atoms with Gasteiger partial charge in [0.1, 0.15) is 9.71 Å². The highest BCUT2D eigenvalue weighted by molar-refractivity contribution is 7.21. The van der Waals surface area contributed by atoms with Crippen molar-refractivity contribution in [3.8, 4) is 11.1 Å². The SMILES string of the molecule is NC(=O)c1sc2nc3c(c(-c4ccc(C(=O)O)cc4)c2c1N)CCCCCC3. The highest BCUT2D eigenvalue weighted by Crippen LogP contribution is 2.43. The molecule has 0 atom stereocenters. The van der Waals surface area contributed by atoms with Gasteiger partial charge in [-0.15, -0.1) is 11.3 Å². The standard InChI is InChI=1S/C21H21N3O3S/c22-17-16-15(11-7-9-12(10-8-11)21(26)27)13-5-3-1-2-4-6-14(13)24-20(16)28-18(17)19(23)25/h7-10H,1-6,22H2,(H2,23,25)(H,26,27). The maximum atomic E-state index is 11.8. The van der Waals surface area contributed by atoms with E-state index in [1.807, 2.05) is 0 Å². The van der Waals surface area contributed by atoms with Crippen molar-refractivity contribution >= 4 is 39.1 Å². The van der Waals surface area contributed by atoms with Gasteiger partial charge in [0.25, 0.3) is 5.91 Å². The second-order valence-electron chi connectivity index (χ2n) is 7.10. The Bertz CT molecular complexity index is 1090. The summed E-state index contributed by atoms with van der Waals surface area (Å²) in [6, 6.07) is 6.80. The molecule has 0 radical (unpaired) electrons. The van der Waals surface area contributed by atoms with Crippen molar-refractivity contribution < 1.29 is 14.7 Å². The van der Waals surface area contributed by atoms with Gasteiger partial charge in [-0.2, -0.15) is 0 Å². The summed E-state index contributed by atoms with van der Waals surface area (Å²) in [6.07, 6.45) is 6.26. The summed E-state index contributed by atoms with van der Waals surface area (Å²) in [7, 11) is 0. The number of hydrogen-bond acceptors (Lipinski definition) is 5. The fraction of sp³-hybridized carbons (Fsp3) is 0.286. The number of amides is 1. The van der Waals surface area contributed by atoms with Crippen LogP contribution in [0.1, 0.15) is 57.0 Å². The molecule has 0 unspecified atom stereocenters. The third-order valence-electron chi connectivity index (χ3n) is 5.30. The topological polar surface area (TPSA) is 119 Å². The van der Waals surface area contributed by atoms with Crippen molar-refractivity contribution in [1.29, 1.82) is 0 Å². The fourth-order valence-corrected chi connectivity index (χ4v) is 4.92. The lowest BCUT2D eigenvalue weighted by Gasteiger charge is -2.19. The Labute approximate surface area is 166 Å². The lowest BCUT2D eigenvalue weighted by atomic mass is 9.88. The van der Waals surface area contributed by atoms with Crippen LogP contribution in [0.2, 0.25) is 0 Å². The summed E-state index contributed by atoms with van der Waals surface area (Å²) < 4.78 is 0. The highest BCUT2D eigenvalue weighted by Gasteiger charge is 2.24. The number of hydrogen-bond donors (Lipinski definition) is 3. The second-order valence-corrected chi connectivity index (χ2v) is 8.10. The summed E-state index contributed by atoms with van der Waals surface area (Å²) >= 11 is 1.23. The zero-order valence-corrected chi connectivity index (χ0v) is 16.1. The summed E-state index contributed by atoms with van der Waals surface area (Å²) in [5, 5.41) is 9.96. The van der Waals surface area contributed by atoms with Gasteiger partial charge in [-0.3, -0.25) is 4.79 Å². The van der Waals surface area contributed by atoms with Gasteiger partial charge >= 0.3 is 5.97 Å². The molecule has 1 aliphatic rings. The minimum absolute atomic E-state index is 0.230. The van der Waals surface area contributed by atoms with Gasteiger partial charge in [0.15, 0.2) is 0 Å². The summed E-state index contributed by atoms with van der Waals surface area (Å²) in [6.45, 7) is 0. The predicted octanol–water partition coefficient (Wildman–Crippen LogP) is 4.00. The lowest BCUT2D eigenvalue weighted by Crippen LogP contribution is -2.10. The van der Waals surface area contributed by atoms with Crippen LogP contribution in [-0.2, 0) is 12.8 Å². The largest absolute Gasteiger partial charge is 0.478 e. The van der Waals surface area contributed by atoms with E-state index in [0.29, 0.717) is 15.4 Å². The molecule has 0 spiro atoms. The van der Waals surface area contributed by atoms with Gasteiger partial charge in [0, 0.05) is 11.1 Å². The maximum Gasteiger partial charge on any atom is 0.335 e. The van der Waals surface area contributed by atoms with Gasteiger partial charge in [-0.05, 0) is 54.5 Å². The molecule has 144 valence electrons. The number of nitrogen functional groups attached to an aromatic ring is 1. The Morgan fingerprint density at radius 3 is 2.36 bits per heavy atom. The molecule has 0 aliphatic heterocycles. The van der Waals surface area contributed by atoms with E-state index in [4.69, 9.17) is 16.5 Å². The molecule has 0 bridgehead atoms. The molecular weight excluding hydrogens is 374 g/mol. The van der Waals surface area contributed by atoms with E-state index in [1.165, 1.54) is 24.2 Å². The fourth-order valence-electron chi connectivity index (χ4n) is 3.94. The van der Waals surface area contributed by atoms with Crippen LogP contribution in [0.15, 0.2) is 24.3 Å². The summed E-state index contributed by atoms with van der Waals surface area (Å²) in [4.78, 5) is 29.0. The first-order chi connectivity index (χ1) is 13.5. The Morgan fingerprint density at radius 2 is 1.71 bits per heavy atom. The molecule has 1 aliphatic carbocycles. The number of nitrogens with zero attached hydrogens (tertiary/aromatic N) is 1. The van der Waals surface area contributed by atoms with Gasteiger partial charge in [-0.1, -0.05) is 25.0 Å². The van der Waals surface area contributed by atoms with Crippen LogP contribution >= 0.6 is 11.3 Å². The number of aromatic carboxylic acids is 1. The zero-order valence-electron chi connectivity index (χ0n) is 15.3. The first-order valence-electron chi connectivity index (χ1n) is 9.34. The number of thiophene rings is 1. The summed E-state index contributed by atoms with van der Waals surface area (Å²) in [5.74, 6) is -1.52. The first-order valence-corrected chi connectivity index (χ1v) is 10.2. The number of aromatic nitrogens is 1. The van der Waals surface area contributed by atoms with Crippen LogP contribution in [0.25, 0.3) is 21.3 Å². The zero-order chi connectivity index (χ0) is 19.8. The van der Waals surface area contributed by atoms with E-state index in [1.54, 1.807) is 24.3 Å². The predicted molar refractivity (Wildman–Crippen MR) is 111 cm³/mol. The van der Waals surface area contributed by atoms with Crippen LogP contribution in [-0.4, -0.2) is 22.0 Å². The van der Waals surface area contributed by atoms with E-state index in [-0.39, 0.29) is 5.56 Å². The highest BCUT2D eigenvalue weighted by atomic mass is 32.1. The van der Waals surface area contributed by atoms with E-state index in [9.17, 15) is 14.7 Å². The smallest absolute Gasteiger partial charge is 0.335 e. The van der Waals surface area contributed by atoms with Crippen LogP contribution in [0.5, 0.6) is 0 Å². The van der Waals surface area contributed by atoms with Crippen LogP contribution < -0.4 is 11.5 Å². The molecule has 2 heterocycles. The monoisotopic (exact) mass is 395 g/mol. The normalized spacial score (nSPS) is 14.3. The third-order valence-corrected chi connectivity index (χ3v) is 6.41. The van der Waals surface area contributed by atoms with Crippen molar-refractivity contribution in [1.82, 2.24) is 4.98 Å². The number of benzene rings is 1. The van der Waals surface area contributed by atoms with Gasteiger partial charge < -0.3 is 16.6 Å². The second kappa shape index (κ2) is 7.24. The maximum absolute atomic E-state index is 11.8. The number of fused-ring (bicyclic) bond motifs is 2. The number of aryl methyl sites for hydroxylation is 1. The van der Waals surface area contributed by atoms with Crippen molar-refractivity contribution in [2.45, 2.75) is 38.5 Å². The third kappa shape index (κ3) is 3.11. The van der Waals surface area contributed by atoms with Crippen molar-refractivity contribution in [2.75, 3.05) is 5.73 Å². The van der Waals surface area contributed by atoms with Crippen LogP contribution in [0.4, 0.5) is 5.69 Å². The van der Waals surface area contributed by atoms with Gasteiger partial charge in [0.05, 0.1) is 11.3 Å². The molecular formula is C21H21N3O3S. The minimum Gasteiger partial charge on any atom is -0.478 e. The number of carbonyl (C=O) groups is 2.